The van der Waals surface area contributed by atoms with Gasteiger partial charge in [-0.1, -0.05) is 24.3 Å². The van der Waals surface area contributed by atoms with Gasteiger partial charge in [-0.2, -0.15) is 13.2 Å². The molecule has 21 heavy (non-hydrogen) atoms. The first-order valence-electron chi connectivity index (χ1n) is 6.41. The second kappa shape index (κ2) is 6.18. The van der Waals surface area contributed by atoms with Gasteiger partial charge in [0, 0.05) is 0 Å². The number of hydrogen-bond donors (Lipinski definition) is 1. The van der Waals surface area contributed by atoms with E-state index in [1.54, 1.807) is 18.2 Å². The van der Waals surface area contributed by atoms with Gasteiger partial charge < -0.3 is 9.84 Å². The van der Waals surface area contributed by atoms with E-state index in [2.05, 4.69) is 0 Å². The molecule has 1 unspecified atom stereocenters. The highest BCUT2D eigenvalue weighted by molar-refractivity contribution is 5.29. The van der Waals surface area contributed by atoms with Crippen LogP contribution in [0.15, 0.2) is 48.5 Å². The first-order valence-corrected chi connectivity index (χ1v) is 6.41. The van der Waals surface area contributed by atoms with Crippen LogP contribution in [0.25, 0.3) is 0 Å². The fourth-order valence-corrected chi connectivity index (χ4v) is 1.90. The molecule has 2 rings (SSSR count). The van der Waals surface area contributed by atoms with Crippen molar-refractivity contribution in [1.82, 2.24) is 0 Å². The van der Waals surface area contributed by atoms with Crippen LogP contribution in [0.3, 0.4) is 0 Å². The summed E-state index contributed by atoms with van der Waals surface area (Å²) in [5.41, 5.74) is 0.396. The van der Waals surface area contributed by atoms with Crippen molar-refractivity contribution in [1.29, 1.82) is 0 Å². The molecule has 0 saturated heterocycles. The van der Waals surface area contributed by atoms with E-state index in [1.807, 2.05) is 13.0 Å². The van der Waals surface area contributed by atoms with Crippen LogP contribution in [-0.4, -0.2) is 11.7 Å². The minimum absolute atomic E-state index is 0.106. The second-order valence-electron chi connectivity index (χ2n) is 4.77. The van der Waals surface area contributed by atoms with E-state index in [4.69, 9.17) is 4.74 Å². The lowest BCUT2D eigenvalue weighted by atomic mass is 10.1. The van der Waals surface area contributed by atoms with Crippen molar-refractivity contribution in [2.45, 2.75) is 19.2 Å². The molecule has 2 aromatic rings. The van der Waals surface area contributed by atoms with Crippen molar-refractivity contribution in [3.05, 3.63) is 65.2 Å². The average molecular weight is 296 g/mol. The maximum atomic E-state index is 12.6. The monoisotopic (exact) mass is 296 g/mol. The average Bonchev–Trinajstić information content (AvgIpc) is 2.44. The van der Waals surface area contributed by atoms with Gasteiger partial charge in [0.2, 0.25) is 0 Å². The molecule has 0 aliphatic carbocycles. The van der Waals surface area contributed by atoms with Crippen molar-refractivity contribution in [2.24, 2.45) is 0 Å². The Kier molecular flexibility index (Phi) is 4.53. The Hall–Kier alpha value is -2.01. The van der Waals surface area contributed by atoms with Crippen LogP contribution in [0, 0.1) is 6.92 Å². The molecule has 0 aliphatic heterocycles. The summed E-state index contributed by atoms with van der Waals surface area (Å²) in [6.07, 6.45) is -5.54. The number of alkyl halides is 3. The normalized spacial score (nSPS) is 13.0. The number of benzene rings is 2. The standard InChI is InChI=1S/C16H15F3O2/c1-11-4-2-7-14(8-11)21-10-15(20)12-5-3-6-13(9-12)16(17,18)19/h2-9,15,20H,10H2,1H3. The van der Waals surface area contributed by atoms with Gasteiger partial charge >= 0.3 is 6.18 Å². The van der Waals surface area contributed by atoms with Gasteiger partial charge in [-0.3, -0.25) is 0 Å². The lowest BCUT2D eigenvalue weighted by Crippen LogP contribution is -2.12. The van der Waals surface area contributed by atoms with E-state index in [0.29, 0.717) is 5.75 Å². The van der Waals surface area contributed by atoms with Gasteiger partial charge in [0.1, 0.15) is 18.5 Å². The quantitative estimate of drug-likeness (QED) is 0.919. The maximum Gasteiger partial charge on any atom is 0.416 e. The van der Waals surface area contributed by atoms with E-state index in [0.717, 1.165) is 17.7 Å². The molecule has 5 heteroatoms. The lowest BCUT2D eigenvalue weighted by Gasteiger charge is -2.15. The fraction of sp³-hybridized carbons (Fsp3) is 0.250. The molecule has 112 valence electrons. The van der Waals surface area contributed by atoms with Crippen LogP contribution in [0.1, 0.15) is 22.8 Å². The Labute approximate surface area is 120 Å². The molecule has 0 fully saturated rings. The zero-order valence-electron chi connectivity index (χ0n) is 11.4. The van der Waals surface area contributed by atoms with Gasteiger partial charge in [-0.05, 0) is 42.3 Å². The molecule has 1 N–H and O–H groups in total. The van der Waals surface area contributed by atoms with E-state index in [-0.39, 0.29) is 12.2 Å². The number of ether oxygens (including phenoxy) is 1. The number of aliphatic hydroxyl groups excluding tert-OH is 1. The minimum Gasteiger partial charge on any atom is -0.491 e. The Balaban J connectivity index is 2.05. The van der Waals surface area contributed by atoms with Crippen molar-refractivity contribution in [3.8, 4) is 5.75 Å². The van der Waals surface area contributed by atoms with E-state index < -0.39 is 17.8 Å². The largest absolute Gasteiger partial charge is 0.491 e. The van der Waals surface area contributed by atoms with Gasteiger partial charge in [0.05, 0.1) is 5.56 Å². The number of rotatable bonds is 4. The van der Waals surface area contributed by atoms with Gasteiger partial charge in [0.25, 0.3) is 0 Å². The van der Waals surface area contributed by atoms with Crippen molar-refractivity contribution in [3.63, 3.8) is 0 Å². The molecular weight excluding hydrogens is 281 g/mol. The molecule has 2 nitrogen and oxygen atoms in total. The van der Waals surface area contributed by atoms with Gasteiger partial charge in [-0.15, -0.1) is 0 Å². The Morgan fingerprint density at radius 3 is 2.48 bits per heavy atom. The first-order chi connectivity index (χ1) is 9.86. The van der Waals surface area contributed by atoms with Gasteiger partial charge in [-0.25, -0.2) is 0 Å². The first kappa shape index (κ1) is 15.4. The van der Waals surface area contributed by atoms with Gasteiger partial charge in [0.15, 0.2) is 0 Å². The minimum atomic E-state index is -4.42. The van der Waals surface area contributed by atoms with Crippen LogP contribution in [0.4, 0.5) is 13.2 Å². The van der Waals surface area contributed by atoms with E-state index >= 15 is 0 Å². The Morgan fingerprint density at radius 1 is 1.10 bits per heavy atom. The lowest BCUT2D eigenvalue weighted by molar-refractivity contribution is -0.137. The third-order valence-electron chi connectivity index (χ3n) is 3.00. The molecule has 0 aromatic heterocycles. The molecule has 0 spiro atoms. The number of aryl methyl sites for hydroxylation is 1. The molecular formula is C16H15F3O2. The van der Waals surface area contributed by atoms with Crippen molar-refractivity contribution in [2.75, 3.05) is 6.61 Å². The van der Waals surface area contributed by atoms with Crippen LogP contribution in [0.2, 0.25) is 0 Å². The zero-order chi connectivity index (χ0) is 15.5. The summed E-state index contributed by atoms with van der Waals surface area (Å²) in [6, 6.07) is 11.8. The zero-order valence-corrected chi connectivity index (χ0v) is 11.4. The number of aliphatic hydroxyl groups is 1. The molecule has 0 radical (unpaired) electrons. The molecule has 1 atom stereocenters. The molecule has 2 aromatic carbocycles. The summed E-state index contributed by atoms with van der Waals surface area (Å²) in [5.74, 6) is 0.570. The van der Waals surface area contributed by atoms with Crippen LogP contribution >= 0.6 is 0 Å². The Morgan fingerprint density at radius 2 is 1.81 bits per heavy atom. The smallest absolute Gasteiger partial charge is 0.416 e. The summed E-state index contributed by atoms with van der Waals surface area (Å²) in [6.45, 7) is 1.79. The van der Waals surface area contributed by atoms with E-state index in [1.165, 1.54) is 12.1 Å². The SMILES string of the molecule is Cc1cccc(OCC(O)c2cccc(C(F)(F)F)c2)c1. The second-order valence-corrected chi connectivity index (χ2v) is 4.77. The molecule has 0 amide bonds. The van der Waals surface area contributed by atoms with Crippen LogP contribution < -0.4 is 4.74 Å². The summed E-state index contributed by atoms with van der Waals surface area (Å²) < 4.78 is 43.2. The highest BCUT2D eigenvalue weighted by Crippen LogP contribution is 2.30. The maximum absolute atomic E-state index is 12.6. The highest BCUT2D eigenvalue weighted by Gasteiger charge is 2.30. The fourth-order valence-electron chi connectivity index (χ4n) is 1.90. The van der Waals surface area contributed by atoms with Crippen LogP contribution in [-0.2, 0) is 6.18 Å². The highest BCUT2D eigenvalue weighted by atomic mass is 19.4. The summed E-state index contributed by atoms with van der Waals surface area (Å²) in [5, 5.41) is 9.95. The summed E-state index contributed by atoms with van der Waals surface area (Å²) in [7, 11) is 0. The van der Waals surface area contributed by atoms with Crippen molar-refractivity contribution < 1.29 is 23.0 Å². The predicted octanol–water partition coefficient (Wildman–Crippen LogP) is 4.13. The van der Waals surface area contributed by atoms with Crippen LogP contribution in [0.5, 0.6) is 5.75 Å². The third-order valence-corrected chi connectivity index (χ3v) is 3.00. The Bertz CT molecular complexity index is 608. The molecule has 0 aliphatic rings. The predicted molar refractivity (Wildman–Crippen MR) is 73.1 cm³/mol. The summed E-state index contributed by atoms with van der Waals surface area (Å²) in [4.78, 5) is 0. The molecule has 0 saturated carbocycles. The molecule has 0 heterocycles. The summed E-state index contributed by atoms with van der Waals surface area (Å²) >= 11 is 0. The number of halogens is 3. The van der Waals surface area contributed by atoms with Crippen molar-refractivity contribution >= 4 is 0 Å². The number of hydrogen-bond acceptors (Lipinski definition) is 2. The third kappa shape index (κ3) is 4.23. The molecule has 0 bridgehead atoms. The topological polar surface area (TPSA) is 29.5 Å². The van der Waals surface area contributed by atoms with E-state index in [9.17, 15) is 18.3 Å².